The van der Waals surface area contributed by atoms with Crippen LogP contribution in [0.15, 0.2) is 24.3 Å². The van der Waals surface area contributed by atoms with E-state index in [4.69, 9.17) is 16.3 Å². The Balaban J connectivity index is 0.00000162. The van der Waals surface area contributed by atoms with E-state index in [1.807, 2.05) is 24.3 Å². The van der Waals surface area contributed by atoms with Crippen molar-refractivity contribution >= 4 is 24.0 Å². The van der Waals surface area contributed by atoms with Crippen LogP contribution in [-0.4, -0.2) is 19.2 Å². The molecule has 2 rings (SSSR count). The molecule has 0 bridgehead atoms. The SMILES string of the molecule is Cl.Clc1ccccc1COCCC1CCCCN1. The summed E-state index contributed by atoms with van der Waals surface area (Å²) in [5.74, 6) is 0. The number of rotatable bonds is 5. The van der Waals surface area contributed by atoms with Crippen molar-refractivity contribution in [1.29, 1.82) is 0 Å². The van der Waals surface area contributed by atoms with Crippen LogP contribution in [0.25, 0.3) is 0 Å². The molecule has 0 saturated carbocycles. The molecule has 1 saturated heterocycles. The lowest BCUT2D eigenvalue weighted by molar-refractivity contribution is 0.108. The van der Waals surface area contributed by atoms with Gasteiger partial charge >= 0.3 is 0 Å². The minimum Gasteiger partial charge on any atom is -0.377 e. The molecule has 18 heavy (non-hydrogen) atoms. The topological polar surface area (TPSA) is 21.3 Å². The molecule has 0 aromatic heterocycles. The van der Waals surface area contributed by atoms with Gasteiger partial charge in [-0.05, 0) is 37.4 Å². The van der Waals surface area contributed by atoms with Gasteiger partial charge in [-0.1, -0.05) is 36.2 Å². The van der Waals surface area contributed by atoms with Gasteiger partial charge in [-0.15, -0.1) is 12.4 Å². The molecule has 0 spiro atoms. The van der Waals surface area contributed by atoms with Crippen molar-refractivity contribution in [1.82, 2.24) is 5.32 Å². The quantitative estimate of drug-likeness (QED) is 0.833. The van der Waals surface area contributed by atoms with Crippen LogP contribution in [-0.2, 0) is 11.3 Å². The normalized spacial score (nSPS) is 19.3. The fraction of sp³-hybridized carbons (Fsp3) is 0.571. The van der Waals surface area contributed by atoms with Gasteiger partial charge in [0, 0.05) is 17.7 Å². The van der Waals surface area contributed by atoms with Gasteiger partial charge in [-0.2, -0.15) is 0 Å². The predicted octanol–water partition coefficient (Wildman–Crippen LogP) is 3.81. The van der Waals surface area contributed by atoms with Crippen molar-refractivity contribution < 1.29 is 4.74 Å². The van der Waals surface area contributed by atoms with Gasteiger partial charge < -0.3 is 10.1 Å². The minimum atomic E-state index is 0. The standard InChI is InChI=1S/C14H20ClNO.ClH/c15-14-7-2-1-5-12(14)11-17-10-8-13-6-3-4-9-16-13;/h1-2,5,7,13,16H,3-4,6,8-11H2;1H. The lowest BCUT2D eigenvalue weighted by Gasteiger charge is -2.23. The highest BCUT2D eigenvalue weighted by atomic mass is 35.5. The summed E-state index contributed by atoms with van der Waals surface area (Å²) in [4.78, 5) is 0. The average molecular weight is 290 g/mol. The van der Waals surface area contributed by atoms with Gasteiger partial charge in [-0.25, -0.2) is 0 Å². The molecule has 1 fully saturated rings. The Kier molecular flexibility index (Phi) is 7.68. The van der Waals surface area contributed by atoms with E-state index in [1.54, 1.807) is 0 Å². The number of benzene rings is 1. The van der Waals surface area contributed by atoms with Crippen LogP contribution in [0.4, 0.5) is 0 Å². The zero-order chi connectivity index (χ0) is 11.9. The first-order valence-electron chi connectivity index (χ1n) is 6.41. The van der Waals surface area contributed by atoms with Crippen molar-refractivity contribution in [3.63, 3.8) is 0 Å². The van der Waals surface area contributed by atoms with E-state index in [1.165, 1.54) is 19.3 Å². The minimum absolute atomic E-state index is 0. The first-order chi connectivity index (χ1) is 8.36. The van der Waals surface area contributed by atoms with Crippen LogP contribution in [0, 0.1) is 0 Å². The van der Waals surface area contributed by atoms with Crippen molar-refractivity contribution in [2.24, 2.45) is 0 Å². The molecule has 0 amide bonds. The molecule has 2 nitrogen and oxygen atoms in total. The zero-order valence-corrected chi connectivity index (χ0v) is 12.1. The third kappa shape index (κ3) is 5.15. The second-order valence-corrected chi connectivity index (χ2v) is 4.99. The van der Waals surface area contributed by atoms with Gasteiger partial charge in [0.25, 0.3) is 0 Å². The average Bonchev–Trinajstić information content (AvgIpc) is 2.38. The summed E-state index contributed by atoms with van der Waals surface area (Å²) in [7, 11) is 0. The van der Waals surface area contributed by atoms with Crippen LogP contribution in [0.5, 0.6) is 0 Å². The Morgan fingerprint density at radius 1 is 1.28 bits per heavy atom. The van der Waals surface area contributed by atoms with Gasteiger partial charge in [0.15, 0.2) is 0 Å². The summed E-state index contributed by atoms with van der Waals surface area (Å²) in [5.41, 5.74) is 1.07. The monoisotopic (exact) mass is 289 g/mol. The predicted molar refractivity (Wildman–Crippen MR) is 78.6 cm³/mol. The summed E-state index contributed by atoms with van der Waals surface area (Å²) in [5, 5.41) is 4.32. The molecule has 1 aliphatic rings. The molecule has 0 radical (unpaired) electrons. The van der Waals surface area contributed by atoms with Crippen molar-refractivity contribution in [2.75, 3.05) is 13.2 Å². The molecular formula is C14H21Cl2NO. The maximum absolute atomic E-state index is 6.06. The molecule has 1 heterocycles. The first kappa shape index (κ1) is 15.8. The third-order valence-corrected chi connectivity index (χ3v) is 3.61. The Bertz CT molecular complexity index is 340. The zero-order valence-electron chi connectivity index (χ0n) is 10.5. The number of nitrogens with one attached hydrogen (secondary N) is 1. The van der Waals surface area contributed by atoms with Crippen molar-refractivity contribution in [3.05, 3.63) is 34.9 Å². The van der Waals surface area contributed by atoms with Crippen molar-refractivity contribution in [3.8, 4) is 0 Å². The second kappa shape index (κ2) is 8.76. The van der Waals surface area contributed by atoms with E-state index in [0.29, 0.717) is 12.6 Å². The highest BCUT2D eigenvalue weighted by Crippen LogP contribution is 2.16. The lowest BCUT2D eigenvalue weighted by Crippen LogP contribution is -2.34. The van der Waals surface area contributed by atoms with Gasteiger partial charge in [0.05, 0.1) is 6.61 Å². The fourth-order valence-electron chi connectivity index (χ4n) is 2.19. The molecule has 102 valence electrons. The lowest BCUT2D eigenvalue weighted by atomic mass is 10.0. The maximum atomic E-state index is 6.06. The molecule has 1 aromatic rings. The third-order valence-electron chi connectivity index (χ3n) is 3.24. The van der Waals surface area contributed by atoms with Crippen LogP contribution in [0.2, 0.25) is 5.02 Å². The van der Waals surface area contributed by atoms with E-state index < -0.39 is 0 Å². The summed E-state index contributed by atoms with van der Waals surface area (Å²) < 4.78 is 5.68. The summed E-state index contributed by atoms with van der Waals surface area (Å²) in [6, 6.07) is 8.50. The van der Waals surface area contributed by atoms with E-state index in [9.17, 15) is 0 Å². The molecule has 1 aliphatic heterocycles. The summed E-state index contributed by atoms with van der Waals surface area (Å²) in [6.45, 7) is 2.59. The van der Waals surface area contributed by atoms with Gasteiger partial charge in [0.1, 0.15) is 0 Å². The van der Waals surface area contributed by atoms with E-state index in [0.717, 1.165) is 30.2 Å². The molecular weight excluding hydrogens is 269 g/mol. The largest absolute Gasteiger partial charge is 0.377 e. The molecule has 4 heteroatoms. The Hall–Kier alpha value is -0.280. The fourth-order valence-corrected chi connectivity index (χ4v) is 2.38. The molecule has 1 aromatic carbocycles. The Morgan fingerprint density at radius 2 is 2.11 bits per heavy atom. The van der Waals surface area contributed by atoms with E-state index in [-0.39, 0.29) is 12.4 Å². The number of halogens is 2. The number of hydrogen-bond acceptors (Lipinski definition) is 2. The smallest absolute Gasteiger partial charge is 0.0731 e. The second-order valence-electron chi connectivity index (χ2n) is 4.58. The van der Waals surface area contributed by atoms with Gasteiger partial charge in [-0.3, -0.25) is 0 Å². The van der Waals surface area contributed by atoms with Gasteiger partial charge in [0.2, 0.25) is 0 Å². The van der Waals surface area contributed by atoms with E-state index >= 15 is 0 Å². The maximum Gasteiger partial charge on any atom is 0.0731 e. The number of hydrogen-bond donors (Lipinski definition) is 1. The van der Waals surface area contributed by atoms with Crippen molar-refractivity contribution in [2.45, 2.75) is 38.3 Å². The van der Waals surface area contributed by atoms with Crippen LogP contribution >= 0.6 is 24.0 Å². The number of ether oxygens (including phenoxy) is 1. The Labute approximate surface area is 120 Å². The van der Waals surface area contributed by atoms with Crippen LogP contribution < -0.4 is 5.32 Å². The van der Waals surface area contributed by atoms with E-state index in [2.05, 4.69) is 5.32 Å². The first-order valence-corrected chi connectivity index (χ1v) is 6.78. The van der Waals surface area contributed by atoms with Crippen LogP contribution in [0.1, 0.15) is 31.2 Å². The highest BCUT2D eigenvalue weighted by molar-refractivity contribution is 6.31. The summed E-state index contributed by atoms with van der Waals surface area (Å²) >= 11 is 6.06. The Morgan fingerprint density at radius 3 is 2.83 bits per heavy atom. The highest BCUT2D eigenvalue weighted by Gasteiger charge is 2.11. The number of piperidine rings is 1. The summed E-state index contributed by atoms with van der Waals surface area (Å²) in [6.07, 6.45) is 5.05. The molecule has 1 N–H and O–H groups in total. The van der Waals surface area contributed by atoms with Crippen LogP contribution in [0.3, 0.4) is 0 Å². The molecule has 0 aliphatic carbocycles. The molecule has 1 unspecified atom stereocenters. The molecule has 1 atom stereocenters.